The minimum Gasteiger partial charge on any atom is -0.398 e. The van der Waals surface area contributed by atoms with Crippen LogP contribution >= 0.6 is 11.3 Å². The number of hydrogen-bond acceptors (Lipinski definition) is 4. The second kappa shape index (κ2) is 5.71. The number of aliphatic hydroxyl groups excluding tert-OH is 1. The van der Waals surface area contributed by atoms with Gasteiger partial charge in [-0.25, -0.2) is 0 Å². The molecule has 2 heterocycles. The number of hydrogen-bond donors (Lipinski definition) is 2. The summed E-state index contributed by atoms with van der Waals surface area (Å²) in [7, 11) is 0. The van der Waals surface area contributed by atoms with Crippen LogP contribution in [-0.4, -0.2) is 35.1 Å². The van der Waals surface area contributed by atoms with Crippen LogP contribution in [0.4, 0.5) is 5.69 Å². The van der Waals surface area contributed by atoms with Crippen LogP contribution in [0.2, 0.25) is 0 Å². The highest BCUT2D eigenvalue weighted by molar-refractivity contribution is 7.14. The Hall–Kier alpha value is -1.07. The van der Waals surface area contributed by atoms with E-state index in [0.717, 1.165) is 35.6 Å². The number of nitrogen functional groups attached to an aromatic ring is 1. The Labute approximate surface area is 111 Å². The largest absolute Gasteiger partial charge is 0.398 e. The molecular weight excluding hydrogens is 248 g/mol. The third-order valence-corrected chi connectivity index (χ3v) is 4.57. The SMILES string of the molecule is Cc1sc(C(=O)N2CCCCC2CCO)cc1N. The van der Waals surface area contributed by atoms with Crippen LogP contribution in [0.5, 0.6) is 0 Å². The van der Waals surface area contributed by atoms with E-state index in [9.17, 15) is 4.79 Å². The van der Waals surface area contributed by atoms with Crippen LogP contribution in [0.25, 0.3) is 0 Å². The summed E-state index contributed by atoms with van der Waals surface area (Å²) in [6.45, 7) is 2.86. The number of rotatable bonds is 3. The summed E-state index contributed by atoms with van der Waals surface area (Å²) in [5.41, 5.74) is 6.49. The van der Waals surface area contributed by atoms with Crippen molar-refractivity contribution >= 4 is 22.9 Å². The van der Waals surface area contributed by atoms with Crippen molar-refractivity contribution in [1.82, 2.24) is 4.90 Å². The zero-order chi connectivity index (χ0) is 13.1. The maximum Gasteiger partial charge on any atom is 0.264 e. The van der Waals surface area contributed by atoms with Crippen molar-refractivity contribution in [3.05, 3.63) is 15.8 Å². The molecule has 2 rings (SSSR count). The Morgan fingerprint density at radius 3 is 3.00 bits per heavy atom. The number of amides is 1. The predicted octanol–water partition coefficient (Wildman–Crippen LogP) is 2.02. The normalized spacial score (nSPS) is 20.1. The summed E-state index contributed by atoms with van der Waals surface area (Å²) in [5, 5.41) is 9.08. The summed E-state index contributed by atoms with van der Waals surface area (Å²) in [6, 6.07) is 1.95. The van der Waals surface area contributed by atoms with Gasteiger partial charge >= 0.3 is 0 Å². The first-order valence-electron chi connectivity index (χ1n) is 6.41. The van der Waals surface area contributed by atoms with Gasteiger partial charge in [0.25, 0.3) is 5.91 Å². The van der Waals surface area contributed by atoms with Crippen molar-refractivity contribution in [2.24, 2.45) is 0 Å². The van der Waals surface area contributed by atoms with Gasteiger partial charge in [0.2, 0.25) is 0 Å². The second-order valence-corrected chi connectivity index (χ2v) is 6.04. The van der Waals surface area contributed by atoms with E-state index in [1.807, 2.05) is 11.8 Å². The van der Waals surface area contributed by atoms with Crippen molar-refractivity contribution in [2.45, 2.75) is 38.6 Å². The van der Waals surface area contributed by atoms with E-state index < -0.39 is 0 Å². The maximum absolute atomic E-state index is 12.4. The number of nitrogens with two attached hydrogens (primary N) is 1. The lowest BCUT2D eigenvalue weighted by molar-refractivity contribution is 0.0579. The number of aryl methyl sites for hydroxylation is 1. The Bertz CT molecular complexity index is 409. The molecule has 1 aromatic heterocycles. The van der Waals surface area contributed by atoms with Gasteiger partial charge in [0.05, 0.1) is 4.88 Å². The van der Waals surface area contributed by atoms with Gasteiger partial charge in [-0.15, -0.1) is 11.3 Å². The molecule has 1 fully saturated rings. The van der Waals surface area contributed by atoms with Crippen molar-refractivity contribution in [1.29, 1.82) is 0 Å². The van der Waals surface area contributed by atoms with Crippen LogP contribution in [0.1, 0.15) is 40.2 Å². The third kappa shape index (κ3) is 2.67. The third-order valence-electron chi connectivity index (χ3n) is 3.52. The minimum atomic E-state index is 0.0675. The second-order valence-electron chi connectivity index (χ2n) is 4.78. The molecule has 1 aliphatic rings. The molecule has 3 N–H and O–H groups in total. The van der Waals surface area contributed by atoms with E-state index in [2.05, 4.69) is 0 Å². The average molecular weight is 268 g/mol. The summed E-state index contributed by atoms with van der Waals surface area (Å²) in [6.07, 6.45) is 3.85. The van der Waals surface area contributed by atoms with E-state index in [0.29, 0.717) is 12.1 Å². The van der Waals surface area contributed by atoms with Gasteiger partial charge in [0, 0.05) is 29.8 Å². The lowest BCUT2D eigenvalue weighted by atomic mass is 9.99. The van der Waals surface area contributed by atoms with Crippen molar-refractivity contribution < 1.29 is 9.90 Å². The molecule has 4 nitrogen and oxygen atoms in total. The molecular formula is C13H20N2O2S. The summed E-state index contributed by atoms with van der Waals surface area (Å²) < 4.78 is 0. The van der Waals surface area contributed by atoms with Gasteiger partial charge in [-0.1, -0.05) is 0 Å². The molecule has 1 aliphatic heterocycles. The molecule has 1 atom stereocenters. The first kappa shape index (κ1) is 13.4. The number of anilines is 1. The Morgan fingerprint density at radius 2 is 2.39 bits per heavy atom. The lowest BCUT2D eigenvalue weighted by Crippen LogP contribution is -2.43. The highest BCUT2D eigenvalue weighted by Gasteiger charge is 2.28. The van der Waals surface area contributed by atoms with Crippen LogP contribution in [0.3, 0.4) is 0 Å². The monoisotopic (exact) mass is 268 g/mol. The molecule has 0 aliphatic carbocycles. The number of thiophene rings is 1. The summed E-state index contributed by atoms with van der Waals surface area (Å²) >= 11 is 1.46. The number of nitrogens with zero attached hydrogens (tertiary/aromatic N) is 1. The van der Waals surface area contributed by atoms with Crippen molar-refractivity contribution in [2.75, 3.05) is 18.9 Å². The molecule has 1 amide bonds. The summed E-state index contributed by atoms with van der Waals surface area (Å²) in [5.74, 6) is 0.0675. The van der Waals surface area contributed by atoms with Crippen molar-refractivity contribution in [3.8, 4) is 0 Å². The van der Waals surface area contributed by atoms with Crippen LogP contribution in [0, 0.1) is 6.92 Å². The molecule has 1 aromatic rings. The maximum atomic E-state index is 12.4. The van der Waals surface area contributed by atoms with E-state index >= 15 is 0 Å². The molecule has 0 aromatic carbocycles. The number of carbonyl (C=O) groups is 1. The van der Waals surface area contributed by atoms with Gasteiger partial charge in [-0.3, -0.25) is 4.79 Å². The summed E-state index contributed by atoms with van der Waals surface area (Å²) in [4.78, 5) is 16.1. The molecule has 0 radical (unpaired) electrons. The van der Waals surface area contributed by atoms with E-state index in [1.54, 1.807) is 6.07 Å². The zero-order valence-corrected chi connectivity index (χ0v) is 11.5. The molecule has 1 unspecified atom stereocenters. The highest BCUT2D eigenvalue weighted by Crippen LogP contribution is 2.28. The number of carbonyl (C=O) groups excluding carboxylic acids is 1. The first-order chi connectivity index (χ1) is 8.63. The zero-order valence-electron chi connectivity index (χ0n) is 10.7. The van der Waals surface area contributed by atoms with Crippen LogP contribution < -0.4 is 5.73 Å². The quantitative estimate of drug-likeness (QED) is 0.881. The van der Waals surface area contributed by atoms with E-state index in [4.69, 9.17) is 10.8 Å². The smallest absolute Gasteiger partial charge is 0.264 e. The Kier molecular flexibility index (Phi) is 4.24. The highest BCUT2D eigenvalue weighted by atomic mass is 32.1. The lowest BCUT2D eigenvalue weighted by Gasteiger charge is -2.35. The van der Waals surface area contributed by atoms with Crippen molar-refractivity contribution in [3.63, 3.8) is 0 Å². The van der Waals surface area contributed by atoms with Gasteiger partial charge in [0.15, 0.2) is 0 Å². The van der Waals surface area contributed by atoms with Crippen LogP contribution in [-0.2, 0) is 0 Å². The molecule has 5 heteroatoms. The molecule has 0 bridgehead atoms. The fourth-order valence-corrected chi connectivity index (χ4v) is 3.36. The van der Waals surface area contributed by atoms with E-state index in [1.165, 1.54) is 11.3 Å². The Balaban J connectivity index is 2.15. The van der Waals surface area contributed by atoms with E-state index in [-0.39, 0.29) is 18.6 Å². The fourth-order valence-electron chi connectivity index (χ4n) is 2.46. The average Bonchev–Trinajstić information content (AvgIpc) is 2.70. The molecule has 100 valence electrons. The first-order valence-corrected chi connectivity index (χ1v) is 7.23. The number of likely N-dealkylation sites (tertiary alicyclic amines) is 1. The Morgan fingerprint density at radius 1 is 1.61 bits per heavy atom. The number of aliphatic hydroxyl groups is 1. The predicted molar refractivity (Wildman–Crippen MR) is 73.8 cm³/mol. The van der Waals surface area contributed by atoms with Crippen LogP contribution in [0.15, 0.2) is 6.07 Å². The number of piperidine rings is 1. The topological polar surface area (TPSA) is 66.6 Å². The fraction of sp³-hybridized carbons (Fsp3) is 0.615. The molecule has 18 heavy (non-hydrogen) atoms. The molecule has 0 saturated carbocycles. The van der Waals surface area contributed by atoms with Gasteiger partial charge < -0.3 is 15.7 Å². The molecule has 0 spiro atoms. The van der Waals surface area contributed by atoms with Gasteiger partial charge in [0.1, 0.15) is 0 Å². The molecule has 1 saturated heterocycles. The van der Waals surface area contributed by atoms with Gasteiger partial charge in [-0.2, -0.15) is 0 Å². The standard InChI is InChI=1S/C13H20N2O2S/c1-9-11(14)8-12(18-9)13(17)15-6-3-2-4-10(15)5-7-16/h8,10,16H,2-7,14H2,1H3. The van der Waals surface area contributed by atoms with Gasteiger partial charge in [-0.05, 0) is 38.7 Å². The minimum absolute atomic E-state index is 0.0675.